The van der Waals surface area contributed by atoms with Crippen LogP contribution in [-0.4, -0.2) is 20.6 Å². The highest BCUT2D eigenvalue weighted by Crippen LogP contribution is 2.18. The van der Waals surface area contributed by atoms with Crippen LogP contribution in [0.1, 0.15) is 21.7 Å². The maximum atomic E-state index is 11.1. The predicted molar refractivity (Wildman–Crippen MR) is 86.2 cm³/mol. The minimum Gasteiger partial charge on any atom is -0.478 e. The fraction of sp³-hybridized carbons (Fsp3) is 0.118. The van der Waals surface area contributed by atoms with Crippen LogP contribution in [0.5, 0.6) is 0 Å². The number of aryl methyl sites for hydroxylation is 1. The van der Waals surface area contributed by atoms with Gasteiger partial charge in [-0.3, -0.25) is 0 Å². The molecule has 0 aliphatic carbocycles. The van der Waals surface area contributed by atoms with E-state index in [0.29, 0.717) is 12.1 Å². The Kier molecular flexibility index (Phi) is 3.69. The molecule has 1 heterocycles. The second kappa shape index (κ2) is 5.81. The largest absolute Gasteiger partial charge is 0.478 e. The molecule has 0 saturated heterocycles. The van der Waals surface area contributed by atoms with Gasteiger partial charge in [0.1, 0.15) is 5.82 Å². The Labute approximate surface area is 132 Å². The first kappa shape index (κ1) is 14.6. The summed E-state index contributed by atoms with van der Waals surface area (Å²) < 4.78 is 1.87. The molecule has 0 unspecified atom stereocenters. The van der Waals surface area contributed by atoms with Crippen LogP contribution in [0, 0.1) is 11.3 Å². The van der Waals surface area contributed by atoms with Crippen LogP contribution in [0.2, 0.25) is 0 Å². The zero-order valence-electron chi connectivity index (χ0n) is 12.4. The summed E-state index contributed by atoms with van der Waals surface area (Å²) in [7, 11) is 1.86. The van der Waals surface area contributed by atoms with Gasteiger partial charge in [-0.05, 0) is 42.5 Å². The van der Waals surface area contributed by atoms with E-state index in [0.717, 1.165) is 22.5 Å². The molecule has 2 aromatic carbocycles. The summed E-state index contributed by atoms with van der Waals surface area (Å²) in [5, 5.41) is 21.1. The van der Waals surface area contributed by atoms with Crippen LogP contribution in [0.3, 0.4) is 0 Å². The molecule has 114 valence electrons. The molecule has 0 aliphatic rings. The molecule has 0 amide bonds. The van der Waals surface area contributed by atoms with Gasteiger partial charge in [-0.2, -0.15) is 5.26 Å². The van der Waals surface area contributed by atoms with E-state index in [4.69, 9.17) is 10.4 Å². The number of aromatic nitrogens is 2. The Hall–Kier alpha value is -3.33. The van der Waals surface area contributed by atoms with E-state index < -0.39 is 5.97 Å². The Balaban J connectivity index is 1.83. The summed E-state index contributed by atoms with van der Waals surface area (Å²) in [6, 6.07) is 14.1. The summed E-state index contributed by atoms with van der Waals surface area (Å²) in [6.45, 7) is 0.499. The number of benzene rings is 2. The lowest BCUT2D eigenvalue weighted by atomic mass is 10.2. The topological polar surface area (TPSA) is 90.9 Å². The van der Waals surface area contributed by atoms with Gasteiger partial charge in [0, 0.05) is 12.7 Å². The van der Waals surface area contributed by atoms with E-state index in [1.54, 1.807) is 30.3 Å². The number of imidazole rings is 1. The van der Waals surface area contributed by atoms with Gasteiger partial charge >= 0.3 is 5.97 Å². The van der Waals surface area contributed by atoms with Crippen LogP contribution >= 0.6 is 0 Å². The van der Waals surface area contributed by atoms with Gasteiger partial charge in [0.15, 0.2) is 0 Å². The molecule has 3 rings (SSSR count). The highest BCUT2D eigenvalue weighted by atomic mass is 16.4. The minimum absolute atomic E-state index is 0.243. The average molecular weight is 306 g/mol. The Morgan fingerprint density at radius 2 is 2.04 bits per heavy atom. The average Bonchev–Trinajstić information content (AvgIpc) is 2.89. The summed E-state index contributed by atoms with van der Waals surface area (Å²) >= 11 is 0. The Morgan fingerprint density at radius 3 is 2.70 bits per heavy atom. The van der Waals surface area contributed by atoms with Crippen molar-refractivity contribution in [1.29, 1.82) is 5.26 Å². The molecule has 6 nitrogen and oxygen atoms in total. The van der Waals surface area contributed by atoms with Gasteiger partial charge in [-0.25, -0.2) is 9.78 Å². The lowest BCUT2D eigenvalue weighted by Crippen LogP contribution is -2.06. The molecule has 0 fully saturated rings. The normalized spacial score (nSPS) is 10.4. The molecule has 0 atom stereocenters. The van der Waals surface area contributed by atoms with E-state index in [9.17, 15) is 4.79 Å². The fourth-order valence-corrected chi connectivity index (χ4v) is 2.37. The summed E-state index contributed by atoms with van der Waals surface area (Å²) in [6.07, 6.45) is 0. The lowest BCUT2D eigenvalue weighted by molar-refractivity contribution is 0.0697. The number of carboxylic acids is 1. The monoisotopic (exact) mass is 306 g/mol. The molecule has 0 bridgehead atoms. The molecule has 0 saturated carbocycles. The van der Waals surface area contributed by atoms with Gasteiger partial charge in [-0.15, -0.1) is 0 Å². The standard InChI is InChI=1S/C17H14N4O2/c1-21-15-8-12(17(22)23)4-7-14(15)20-16(21)10-19-13-5-2-11(9-18)3-6-13/h2-8,19H,10H2,1H3,(H,22,23). The van der Waals surface area contributed by atoms with Crippen molar-refractivity contribution in [3.05, 3.63) is 59.4 Å². The van der Waals surface area contributed by atoms with Crippen molar-refractivity contribution in [2.45, 2.75) is 6.54 Å². The van der Waals surface area contributed by atoms with Crippen molar-refractivity contribution in [3.8, 4) is 6.07 Å². The number of anilines is 1. The third kappa shape index (κ3) is 2.85. The number of carbonyl (C=O) groups is 1. The van der Waals surface area contributed by atoms with Gasteiger partial charge in [-0.1, -0.05) is 0 Å². The molecule has 2 N–H and O–H groups in total. The van der Waals surface area contributed by atoms with Crippen LogP contribution < -0.4 is 5.32 Å². The summed E-state index contributed by atoms with van der Waals surface area (Å²) in [5.41, 5.74) is 3.28. The zero-order chi connectivity index (χ0) is 16.4. The maximum Gasteiger partial charge on any atom is 0.335 e. The Morgan fingerprint density at radius 1 is 1.30 bits per heavy atom. The van der Waals surface area contributed by atoms with Crippen molar-refractivity contribution in [1.82, 2.24) is 9.55 Å². The van der Waals surface area contributed by atoms with Crippen LogP contribution in [-0.2, 0) is 13.6 Å². The van der Waals surface area contributed by atoms with Crippen molar-refractivity contribution >= 4 is 22.7 Å². The van der Waals surface area contributed by atoms with Crippen LogP contribution in [0.15, 0.2) is 42.5 Å². The first-order valence-electron chi connectivity index (χ1n) is 7.01. The fourth-order valence-electron chi connectivity index (χ4n) is 2.37. The van der Waals surface area contributed by atoms with Crippen LogP contribution in [0.4, 0.5) is 5.69 Å². The van der Waals surface area contributed by atoms with Gasteiger partial charge in [0.05, 0.1) is 34.8 Å². The molecule has 3 aromatic rings. The second-order valence-electron chi connectivity index (χ2n) is 5.14. The smallest absolute Gasteiger partial charge is 0.335 e. The number of rotatable bonds is 4. The quantitative estimate of drug-likeness (QED) is 0.773. The zero-order valence-corrected chi connectivity index (χ0v) is 12.4. The number of hydrogen-bond acceptors (Lipinski definition) is 4. The van der Waals surface area contributed by atoms with Crippen molar-refractivity contribution in [2.24, 2.45) is 7.05 Å². The third-order valence-corrected chi connectivity index (χ3v) is 3.69. The van der Waals surface area contributed by atoms with Gasteiger partial charge < -0.3 is 15.0 Å². The maximum absolute atomic E-state index is 11.1. The lowest BCUT2D eigenvalue weighted by Gasteiger charge is -2.06. The molecule has 1 aromatic heterocycles. The number of fused-ring (bicyclic) bond motifs is 1. The molecule has 6 heteroatoms. The number of hydrogen-bond donors (Lipinski definition) is 2. The number of nitriles is 1. The predicted octanol–water partition coefficient (Wildman–Crippen LogP) is 2.76. The third-order valence-electron chi connectivity index (χ3n) is 3.69. The Bertz CT molecular complexity index is 920. The molecular weight excluding hydrogens is 292 g/mol. The number of aromatic carboxylic acids is 1. The summed E-state index contributed by atoms with van der Waals surface area (Å²) in [5.74, 6) is -0.155. The molecule has 0 radical (unpaired) electrons. The van der Waals surface area contributed by atoms with Crippen LogP contribution in [0.25, 0.3) is 11.0 Å². The molecule has 0 aliphatic heterocycles. The van der Waals surface area contributed by atoms with Gasteiger partial charge in [0.25, 0.3) is 0 Å². The summed E-state index contributed by atoms with van der Waals surface area (Å²) in [4.78, 5) is 15.6. The SMILES string of the molecule is Cn1c(CNc2ccc(C#N)cc2)nc2ccc(C(=O)O)cc21. The first-order valence-corrected chi connectivity index (χ1v) is 7.01. The van der Waals surface area contributed by atoms with Crippen molar-refractivity contribution < 1.29 is 9.90 Å². The molecule has 23 heavy (non-hydrogen) atoms. The van der Waals surface area contributed by atoms with E-state index in [1.807, 2.05) is 23.7 Å². The van der Waals surface area contributed by atoms with E-state index in [1.165, 1.54) is 0 Å². The first-order chi connectivity index (χ1) is 11.1. The van der Waals surface area contributed by atoms with E-state index >= 15 is 0 Å². The van der Waals surface area contributed by atoms with E-state index in [2.05, 4.69) is 16.4 Å². The van der Waals surface area contributed by atoms with E-state index in [-0.39, 0.29) is 5.56 Å². The second-order valence-corrected chi connectivity index (χ2v) is 5.14. The number of carboxylic acid groups (broad SMARTS) is 1. The molecule has 0 spiro atoms. The number of nitrogens with zero attached hydrogens (tertiary/aromatic N) is 3. The minimum atomic E-state index is -0.953. The molecular formula is C17H14N4O2. The van der Waals surface area contributed by atoms with Crippen molar-refractivity contribution in [2.75, 3.05) is 5.32 Å². The highest BCUT2D eigenvalue weighted by molar-refractivity contribution is 5.92. The van der Waals surface area contributed by atoms with Crippen molar-refractivity contribution in [3.63, 3.8) is 0 Å². The highest BCUT2D eigenvalue weighted by Gasteiger charge is 2.10. The van der Waals surface area contributed by atoms with Gasteiger partial charge in [0.2, 0.25) is 0 Å². The number of nitrogens with one attached hydrogen (secondary N) is 1.